The van der Waals surface area contributed by atoms with E-state index in [1.165, 1.54) is 25.7 Å². The Kier molecular flexibility index (Phi) is 6.22. The van der Waals surface area contributed by atoms with E-state index in [0.29, 0.717) is 4.77 Å². The number of nitrogens with one attached hydrogen (secondary N) is 1. The van der Waals surface area contributed by atoms with Crippen molar-refractivity contribution in [2.75, 3.05) is 0 Å². The smallest absolute Gasteiger partial charge is 0.257 e. The summed E-state index contributed by atoms with van der Waals surface area (Å²) in [5.74, 6) is 0. The molecule has 0 saturated heterocycles. The Bertz CT molecular complexity index is 573. The first kappa shape index (κ1) is 16.5. The first-order chi connectivity index (χ1) is 10.1. The zero-order chi connectivity index (χ0) is 15.2. The fraction of sp³-hybridized carbons (Fsp3) is 0.765. The predicted octanol–water partition coefficient (Wildman–Crippen LogP) is 4.71. The molecule has 2 rings (SSSR count). The minimum atomic E-state index is 0.162. The Morgan fingerprint density at radius 1 is 1.14 bits per heavy atom. The summed E-state index contributed by atoms with van der Waals surface area (Å²) in [6, 6.07) is 0.187. The van der Waals surface area contributed by atoms with Crippen LogP contribution in [0, 0.1) is 4.77 Å². The molecule has 1 N–H and O–H groups in total. The maximum atomic E-state index is 12.9. The summed E-state index contributed by atoms with van der Waals surface area (Å²) >= 11 is 5.46. The summed E-state index contributed by atoms with van der Waals surface area (Å²) in [6.45, 7) is 4.25. The highest BCUT2D eigenvalue weighted by molar-refractivity contribution is 7.71. The Morgan fingerprint density at radius 3 is 2.43 bits per heavy atom. The van der Waals surface area contributed by atoms with Crippen LogP contribution in [0.5, 0.6) is 0 Å². The molecule has 0 aromatic carbocycles. The molecule has 1 aromatic rings. The van der Waals surface area contributed by atoms with Gasteiger partial charge < -0.3 is 4.98 Å². The van der Waals surface area contributed by atoms with Gasteiger partial charge in [-0.25, -0.2) is 0 Å². The van der Waals surface area contributed by atoms with Crippen molar-refractivity contribution >= 4 is 12.2 Å². The molecule has 3 nitrogen and oxygen atoms in total. The molecule has 21 heavy (non-hydrogen) atoms. The SMILES string of the molecule is CCCC(C)n1c(=S)[nH]c2c(c1=O)CCCCCCCC2. The van der Waals surface area contributed by atoms with E-state index in [4.69, 9.17) is 12.2 Å². The molecular formula is C17H28N2OS. The van der Waals surface area contributed by atoms with E-state index in [-0.39, 0.29) is 11.6 Å². The van der Waals surface area contributed by atoms with Gasteiger partial charge in [0, 0.05) is 17.3 Å². The second kappa shape index (κ2) is 7.92. The summed E-state index contributed by atoms with van der Waals surface area (Å²) in [5.41, 5.74) is 2.26. The number of aryl methyl sites for hydroxylation is 1. The van der Waals surface area contributed by atoms with Gasteiger partial charge >= 0.3 is 0 Å². The van der Waals surface area contributed by atoms with Crippen LogP contribution in [0.4, 0.5) is 0 Å². The molecular weight excluding hydrogens is 280 g/mol. The van der Waals surface area contributed by atoms with Crippen LogP contribution in [-0.4, -0.2) is 9.55 Å². The van der Waals surface area contributed by atoms with Gasteiger partial charge in [0.2, 0.25) is 0 Å². The van der Waals surface area contributed by atoms with Crippen molar-refractivity contribution in [3.8, 4) is 0 Å². The molecule has 0 fully saturated rings. The Morgan fingerprint density at radius 2 is 1.76 bits per heavy atom. The molecule has 1 unspecified atom stereocenters. The van der Waals surface area contributed by atoms with Gasteiger partial charge in [-0.05, 0) is 51.2 Å². The van der Waals surface area contributed by atoms with E-state index in [9.17, 15) is 4.79 Å². The minimum Gasteiger partial charge on any atom is -0.335 e. The van der Waals surface area contributed by atoms with Crippen molar-refractivity contribution in [1.82, 2.24) is 9.55 Å². The lowest BCUT2D eigenvalue weighted by Crippen LogP contribution is -2.30. The van der Waals surface area contributed by atoms with Crippen LogP contribution in [0.25, 0.3) is 0 Å². The zero-order valence-electron chi connectivity index (χ0n) is 13.4. The lowest BCUT2D eigenvalue weighted by Gasteiger charge is -2.19. The second-order valence-corrected chi connectivity index (χ2v) is 6.71. The van der Waals surface area contributed by atoms with Gasteiger partial charge in [-0.2, -0.15) is 0 Å². The quantitative estimate of drug-likeness (QED) is 0.821. The summed E-state index contributed by atoms with van der Waals surface area (Å²) in [6.07, 6.45) is 11.3. The molecule has 1 aliphatic rings. The molecule has 0 spiro atoms. The zero-order valence-corrected chi connectivity index (χ0v) is 14.2. The molecule has 0 amide bonds. The third-order valence-corrected chi connectivity index (χ3v) is 4.87. The number of H-pyrrole nitrogens is 1. The molecule has 1 atom stereocenters. The van der Waals surface area contributed by atoms with E-state index in [1.807, 2.05) is 4.57 Å². The first-order valence-corrected chi connectivity index (χ1v) is 8.92. The third kappa shape index (κ3) is 4.06. The van der Waals surface area contributed by atoms with Crippen molar-refractivity contribution < 1.29 is 0 Å². The Labute approximate surface area is 132 Å². The number of hydrogen-bond donors (Lipinski definition) is 1. The van der Waals surface area contributed by atoms with Crippen molar-refractivity contribution in [1.29, 1.82) is 0 Å². The summed E-state index contributed by atoms with van der Waals surface area (Å²) in [7, 11) is 0. The lowest BCUT2D eigenvalue weighted by molar-refractivity contribution is 0.465. The fourth-order valence-corrected chi connectivity index (χ4v) is 3.75. The highest BCUT2D eigenvalue weighted by atomic mass is 32.1. The van der Waals surface area contributed by atoms with Crippen molar-refractivity contribution in [3.63, 3.8) is 0 Å². The predicted molar refractivity (Wildman–Crippen MR) is 90.6 cm³/mol. The van der Waals surface area contributed by atoms with Gasteiger partial charge in [0.25, 0.3) is 5.56 Å². The van der Waals surface area contributed by atoms with Crippen LogP contribution < -0.4 is 5.56 Å². The van der Waals surface area contributed by atoms with Gasteiger partial charge in [-0.15, -0.1) is 0 Å². The van der Waals surface area contributed by atoms with Crippen molar-refractivity contribution in [2.45, 2.75) is 84.1 Å². The van der Waals surface area contributed by atoms with E-state index < -0.39 is 0 Å². The molecule has 0 saturated carbocycles. The fourth-order valence-electron chi connectivity index (χ4n) is 3.36. The topological polar surface area (TPSA) is 37.8 Å². The van der Waals surface area contributed by atoms with Gasteiger partial charge in [-0.1, -0.05) is 39.0 Å². The number of nitrogens with zero attached hydrogens (tertiary/aromatic N) is 1. The molecule has 4 heteroatoms. The monoisotopic (exact) mass is 308 g/mol. The summed E-state index contributed by atoms with van der Waals surface area (Å²) in [5, 5.41) is 0. The number of hydrogen-bond acceptors (Lipinski definition) is 2. The van der Waals surface area contributed by atoms with Crippen LogP contribution >= 0.6 is 12.2 Å². The molecule has 118 valence electrons. The van der Waals surface area contributed by atoms with E-state index in [2.05, 4.69) is 18.8 Å². The van der Waals surface area contributed by atoms with Gasteiger partial charge in [0.15, 0.2) is 4.77 Å². The summed E-state index contributed by atoms with van der Waals surface area (Å²) < 4.78 is 2.42. The second-order valence-electron chi connectivity index (χ2n) is 6.32. The number of aromatic nitrogens is 2. The van der Waals surface area contributed by atoms with Gasteiger partial charge in [-0.3, -0.25) is 9.36 Å². The van der Waals surface area contributed by atoms with Crippen molar-refractivity contribution in [3.05, 3.63) is 26.4 Å². The highest BCUT2D eigenvalue weighted by Crippen LogP contribution is 2.18. The van der Waals surface area contributed by atoms with E-state index in [0.717, 1.165) is 49.8 Å². The van der Waals surface area contributed by atoms with Crippen molar-refractivity contribution in [2.24, 2.45) is 0 Å². The largest absolute Gasteiger partial charge is 0.335 e. The first-order valence-electron chi connectivity index (χ1n) is 8.51. The normalized spacial score (nSPS) is 18.0. The average Bonchev–Trinajstić information content (AvgIpc) is 2.45. The highest BCUT2D eigenvalue weighted by Gasteiger charge is 2.16. The number of fused-ring (bicyclic) bond motifs is 1. The third-order valence-electron chi connectivity index (χ3n) is 4.57. The minimum absolute atomic E-state index is 0.162. The van der Waals surface area contributed by atoms with Crippen LogP contribution in [0.2, 0.25) is 0 Å². The number of rotatable bonds is 3. The molecule has 1 heterocycles. The van der Waals surface area contributed by atoms with Crippen LogP contribution in [-0.2, 0) is 12.8 Å². The molecule has 1 aromatic heterocycles. The lowest BCUT2D eigenvalue weighted by atomic mass is 9.98. The molecule has 0 aliphatic heterocycles. The van der Waals surface area contributed by atoms with E-state index in [1.54, 1.807) is 0 Å². The number of aromatic amines is 1. The van der Waals surface area contributed by atoms with Crippen LogP contribution in [0.1, 0.15) is 82.5 Å². The molecule has 0 bridgehead atoms. The van der Waals surface area contributed by atoms with Gasteiger partial charge in [0.05, 0.1) is 0 Å². The van der Waals surface area contributed by atoms with Crippen LogP contribution in [0.15, 0.2) is 4.79 Å². The van der Waals surface area contributed by atoms with Gasteiger partial charge in [0.1, 0.15) is 0 Å². The summed E-state index contributed by atoms with van der Waals surface area (Å²) in [4.78, 5) is 16.3. The Balaban J connectivity index is 2.42. The Hall–Kier alpha value is -0.900. The molecule has 1 aliphatic carbocycles. The standard InChI is InChI=1S/C17H28N2OS/c1-3-10-13(2)19-16(20)14-11-8-6-4-5-7-9-12-15(14)18-17(19)21/h13H,3-12H2,1-2H3,(H,18,21). The molecule has 0 radical (unpaired) electrons. The maximum Gasteiger partial charge on any atom is 0.257 e. The average molecular weight is 308 g/mol. The maximum absolute atomic E-state index is 12.9. The van der Waals surface area contributed by atoms with Crippen LogP contribution in [0.3, 0.4) is 0 Å². The van der Waals surface area contributed by atoms with E-state index >= 15 is 0 Å².